The van der Waals surface area contributed by atoms with E-state index >= 15 is 0 Å². The summed E-state index contributed by atoms with van der Waals surface area (Å²) in [6.07, 6.45) is 0. The second-order valence-corrected chi connectivity index (χ2v) is 11.6. The molecule has 1 aromatic rings. The molecule has 86 valence electrons. The van der Waals surface area contributed by atoms with Gasteiger partial charge in [-0.05, 0) is 12.1 Å². The van der Waals surface area contributed by atoms with E-state index in [1.54, 1.807) is 18.2 Å². The van der Waals surface area contributed by atoms with E-state index in [1.165, 1.54) is 6.07 Å². The van der Waals surface area contributed by atoms with Crippen LogP contribution in [0.4, 0.5) is 0 Å². The van der Waals surface area contributed by atoms with Gasteiger partial charge >= 0.3 is 0 Å². The lowest BCUT2D eigenvalue weighted by Crippen LogP contribution is -2.49. The zero-order valence-corrected chi connectivity index (χ0v) is 11.2. The number of fused-ring (bicyclic) bond motifs is 1. The summed E-state index contributed by atoms with van der Waals surface area (Å²) in [7, 11) is -5.83. The lowest BCUT2D eigenvalue weighted by Gasteiger charge is -2.27. The summed E-state index contributed by atoms with van der Waals surface area (Å²) in [5, 5.41) is 0. The zero-order valence-electron chi connectivity index (χ0n) is 9.39. The predicted octanol–water partition coefficient (Wildman–Crippen LogP) is 1.67. The fraction of sp³-hybridized carbons (Fsp3) is 0.300. The Hall–Kier alpha value is -1.14. The molecule has 1 amide bonds. The quantitative estimate of drug-likeness (QED) is 0.717. The molecule has 0 fully saturated rings. The molecule has 0 saturated heterocycles. The molecule has 0 aromatic heterocycles. The molecule has 1 aromatic carbocycles. The van der Waals surface area contributed by atoms with E-state index in [4.69, 9.17) is 0 Å². The van der Waals surface area contributed by atoms with E-state index in [2.05, 4.69) is 0 Å². The summed E-state index contributed by atoms with van der Waals surface area (Å²) in [6, 6.07) is 6.37. The van der Waals surface area contributed by atoms with Gasteiger partial charge in [0, 0.05) is 0 Å². The summed E-state index contributed by atoms with van der Waals surface area (Å²) in [4.78, 5) is 12.2. The zero-order chi connectivity index (χ0) is 12.1. The van der Waals surface area contributed by atoms with Crippen LogP contribution in [0.1, 0.15) is 10.4 Å². The van der Waals surface area contributed by atoms with Crippen molar-refractivity contribution in [1.29, 1.82) is 0 Å². The highest BCUT2D eigenvalue weighted by atomic mass is 32.2. The van der Waals surface area contributed by atoms with Gasteiger partial charge in [0.2, 0.25) is 0 Å². The van der Waals surface area contributed by atoms with Crippen molar-refractivity contribution in [2.24, 2.45) is 0 Å². The smallest absolute Gasteiger partial charge is 0.261 e. The van der Waals surface area contributed by atoms with E-state index in [-0.39, 0.29) is 10.8 Å². The standard InChI is InChI=1S/C10H13NO3SSi/c1-16(2,3)11-10(12)8-6-4-5-7-9(8)15(11,13)14/h4-7H,1-3H3. The van der Waals surface area contributed by atoms with Crippen molar-refractivity contribution in [2.45, 2.75) is 24.5 Å². The maximum atomic E-state index is 12.2. The molecule has 0 saturated carbocycles. The molecule has 0 unspecified atom stereocenters. The molecule has 1 heterocycles. The molecule has 6 heteroatoms. The summed E-state index contributed by atoms with van der Waals surface area (Å²) in [5.74, 6) is -0.380. The van der Waals surface area contributed by atoms with Crippen LogP contribution in [0.5, 0.6) is 0 Å². The van der Waals surface area contributed by atoms with Crippen LogP contribution in [-0.4, -0.2) is 26.5 Å². The van der Waals surface area contributed by atoms with Crippen LogP contribution in [0.15, 0.2) is 29.2 Å². The molecule has 0 atom stereocenters. The molecule has 2 rings (SSSR count). The monoisotopic (exact) mass is 255 g/mol. The number of rotatable bonds is 1. The lowest BCUT2D eigenvalue weighted by atomic mass is 10.2. The van der Waals surface area contributed by atoms with Crippen molar-refractivity contribution in [3.05, 3.63) is 29.8 Å². The molecule has 0 bridgehead atoms. The predicted molar refractivity (Wildman–Crippen MR) is 63.1 cm³/mol. The van der Waals surface area contributed by atoms with Gasteiger partial charge in [0.15, 0.2) is 8.24 Å². The van der Waals surface area contributed by atoms with Gasteiger partial charge in [-0.3, -0.25) is 8.77 Å². The fourth-order valence-electron chi connectivity index (χ4n) is 1.85. The minimum Gasteiger partial charge on any atom is -0.269 e. The van der Waals surface area contributed by atoms with Crippen molar-refractivity contribution >= 4 is 24.2 Å². The van der Waals surface area contributed by atoms with Gasteiger partial charge in [0.1, 0.15) is 0 Å². The highest BCUT2D eigenvalue weighted by Crippen LogP contribution is 2.33. The SMILES string of the molecule is C[Si](C)(C)N1C(=O)c2ccccc2S1(=O)=O. The second kappa shape index (κ2) is 3.18. The van der Waals surface area contributed by atoms with Crippen LogP contribution in [0, 0.1) is 0 Å². The Morgan fingerprint density at radius 3 is 2.19 bits per heavy atom. The minimum atomic E-state index is -3.61. The van der Waals surface area contributed by atoms with Crippen molar-refractivity contribution in [3.63, 3.8) is 0 Å². The van der Waals surface area contributed by atoms with Crippen LogP contribution in [0.2, 0.25) is 19.6 Å². The minimum absolute atomic E-state index is 0.141. The number of benzene rings is 1. The van der Waals surface area contributed by atoms with Gasteiger partial charge in [-0.1, -0.05) is 31.8 Å². The summed E-state index contributed by atoms with van der Waals surface area (Å²) in [6.45, 7) is 5.52. The summed E-state index contributed by atoms with van der Waals surface area (Å²) >= 11 is 0. The molecule has 0 spiro atoms. The Kier molecular flexibility index (Phi) is 2.25. The first-order valence-corrected chi connectivity index (χ1v) is 9.84. The van der Waals surface area contributed by atoms with E-state index in [0.29, 0.717) is 5.56 Å². The normalized spacial score (nSPS) is 18.7. The second-order valence-electron chi connectivity index (χ2n) is 4.74. The summed E-state index contributed by atoms with van der Waals surface area (Å²) < 4.78 is 25.5. The fourth-order valence-corrected chi connectivity index (χ4v) is 6.96. The Bertz CT molecular complexity index is 560. The topological polar surface area (TPSA) is 54.5 Å². The maximum Gasteiger partial charge on any atom is 0.261 e. The third kappa shape index (κ3) is 1.41. The number of nitrogens with zero attached hydrogens (tertiary/aromatic N) is 1. The van der Waals surface area contributed by atoms with Gasteiger partial charge < -0.3 is 0 Å². The Morgan fingerprint density at radius 1 is 1.12 bits per heavy atom. The molecule has 1 aliphatic heterocycles. The van der Waals surface area contributed by atoms with Gasteiger partial charge in [0.25, 0.3) is 15.9 Å². The average Bonchev–Trinajstić information content (AvgIpc) is 2.34. The van der Waals surface area contributed by atoms with Crippen molar-refractivity contribution in [3.8, 4) is 0 Å². The highest BCUT2D eigenvalue weighted by molar-refractivity contribution is 7.91. The van der Waals surface area contributed by atoms with Crippen LogP contribution >= 0.6 is 0 Å². The molecule has 16 heavy (non-hydrogen) atoms. The lowest BCUT2D eigenvalue weighted by molar-refractivity contribution is 0.0922. The summed E-state index contributed by atoms with van der Waals surface area (Å²) in [5.41, 5.74) is 0.296. The van der Waals surface area contributed by atoms with Crippen molar-refractivity contribution in [2.75, 3.05) is 0 Å². The largest absolute Gasteiger partial charge is 0.269 e. The number of hydrogen-bond donors (Lipinski definition) is 0. The Morgan fingerprint density at radius 2 is 1.69 bits per heavy atom. The first-order valence-electron chi connectivity index (χ1n) is 4.95. The van der Waals surface area contributed by atoms with Gasteiger partial charge in [0.05, 0.1) is 10.5 Å². The van der Waals surface area contributed by atoms with Crippen LogP contribution < -0.4 is 0 Å². The first-order chi connectivity index (χ1) is 7.26. The number of sulfonamides is 1. The van der Waals surface area contributed by atoms with Crippen LogP contribution in [0.3, 0.4) is 0 Å². The molecule has 0 radical (unpaired) electrons. The molecule has 1 aliphatic rings. The molecular formula is C10H13NO3SSi. The molecule has 0 aliphatic carbocycles. The van der Waals surface area contributed by atoms with E-state index in [9.17, 15) is 13.2 Å². The number of carbonyl (C=O) groups is 1. The highest BCUT2D eigenvalue weighted by Gasteiger charge is 2.47. The number of carbonyl (C=O) groups excluding carboxylic acids is 1. The first kappa shape index (κ1) is 11.3. The van der Waals surface area contributed by atoms with E-state index in [0.717, 1.165) is 3.97 Å². The van der Waals surface area contributed by atoms with Gasteiger partial charge in [-0.25, -0.2) is 8.42 Å². The molecule has 0 N–H and O–H groups in total. The van der Waals surface area contributed by atoms with E-state index < -0.39 is 18.3 Å². The third-order valence-corrected chi connectivity index (χ3v) is 7.77. The number of amides is 1. The van der Waals surface area contributed by atoms with Gasteiger partial charge in [-0.15, -0.1) is 0 Å². The Balaban J connectivity index is 2.73. The third-order valence-electron chi connectivity index (χ3n) is 2.43. The van der Waals surface area contributed by atoms with Crippen molar-refractivity contribution in [1.82, 2.24) is 3.97 Å². The number of hydrogen-bond acceptors (Lipinski definition) is 3. The Labute approximate surface area is 96.0 Å². The van der Waals surface area contributed by atoms with Crippen LogP contribution in [0.25, 0.3) is 0 Å². The molecule has 4 nitrogen and oxygen atoms in total. The van der Waals surface area contributed by atoms with Crippen LogP contribution in [-0.2, 0) is 10.0 Å². The average molecular weight is 255 g/mol. The van der Waals surface area contributed by atoms with Gasteiger partial charge in [-0.2, -0.15) is 0 Å². The van der Waals surface area contributed by atoms with Crippen molar-refractivity contribution < 1.29 is 13.2 Å². The maximum absolute atomic E-state index is 12.2. The van der Waals surface area contributed by atoms with E-state index in [1.807, 2.05) is 19.6 Å². The molecular weight excluding hydrogens is 242 g/mol.